The quantitative estimate of drug-likeness (QED) is 0.748. The lowest BCUT2D eigenvalue weighted by atomic mass is 10.0. The van der Waals surface area contributed by atoms with E-state index in [0.29, 0.717) is 0 Å². The zero-order valence-corrected chi connectivity index (χ0v) is 10.9. The molecule has 0 aliphatic carbocycles. The number of benzene rings is 1. The van der Waals surface area contributed by atoms with E-state index in [9.17, 15) is 0 Å². The largest absolute Gasteiger partial charge is 0.328 e. The van der Waals surface area contributed by atoms with Crippen LogP contribution in [0.2, 0.25) is 0 Å². The Hall–Kier alpha value is -0.860. The highest BCUT2D eigenvalue weighted by molar-refractivity contribution is 5.36. The number of hydrogen-bond acceptors (Lipinski definition) is 2. The molecule has 2 heteroatoms. The fourth-order valence-electron chi connectivity index (χ4n) is 1.76. The third-order valence-corrected chi connectivity index (χ3v) is 3.04. The van der Waals surface area contributed by atoms with Gasteiger partial charge in [-0.1, -0.05) is 12.1 Å². The summed E-state index contributed by atoms with van der Waals surface area (Å²) in [5.41, 5.74) is 11.2. The van der Waals surface area contributed by atoms with Crippen molar-refractivity contribution >= 4 is 0 Å². The first-order chi connectivity index (χ1) is 7.50. The molecule has 3 N–H and O–H groups in total. The van der Waals surface area contributed by atoms with Crippen LogP contribution in [0.25, 0.3) is 0 Å². The van der Waals surface area contributed by atoms with E-state index in [1.807, 2.05) is 6.92 Å². The molecule has 0 saturated heterocycles. The molecule has 0 aromatic heterocycles. The zero-order valence-electron chi connectivity index (χ0n) is 10.9. The Kier molecular flexibility index (Phi) is 4.97. The molecule has 0 saturated carbocycles. The number of nitrogens with two attached hydrogens (primary N) is 1. The summed E-state index contributed by atoms with van der Waals surface area (Å²) in [6.07, 6.45) is 1.03. The van der Waals surface area contributed by atoms with E-state index in [1.165, 1.54) is 22.3 Å². The topological polar surface area (TPSA) is 38.0 Å². The van der Waals surface area contributed by atoms with Crippen molar-refractivity contribution in [2.75, 3.05) is 6.54 Å². The minimum absolute atomic E-state index is 0.286. The average molecular weight is 220 g/mol. The average Bonchev–Trinajstić information content (AvgIpc) is 2.19. The normalized spacial score (nSPS) is 12.8. The van der Waals surface area contributed by atoms with Gasteiger partial charge in [-0.25, -0.2) is 0 Å². The number of rotatable bonds is 5. The second kappa shape index (κ2) is 6.02. The van der Waals surface area contributed by atoms with E-state index in [1.54, 1.807) is 0 Å². The van der Waals surface area contributed by atoms with Crippen molar-refractivity contribution in [3.05, 3.63) is 34.4 Å². The molecule has 0 spiro atoms. The van der Waals surface area contributed by atoms with E-state index < -0.39 is 0 Å². The van der Waals surface area contributed by atoms with Crippen LogP contribution in [0, 0.1) is 20.8 Å². The van der Waals surface area contributed by atoms with Crippen LogP contribution in [-0.2, 0) is 6.54 Å². The third-order valence-electron chi connectivity index (χ3n) is 3.04. The molecule has 0 aliphatic rings. The van der Waals surface area contributed by atoms with Crippen LogP contribution in [0.1, 0.15) is 35.6 Å². The SMILES string of the molecule is Cc1cc(C)c(CNCCC(C)N)cc1C. The molecular formula is C14H24N2. The first-order valence-corrected chi connectivity index (χ1v) is 6.03. The Morgan fingerprint density at radius 3 is 2.38 bits per heavy atom. The fourth-order valence-corrected chi connectivity index (χ4v) is 1.76. The van der Waals surface area contributed by atoms with Gasteiger partial charge in [-0.2, -0.15) is 0 Å². The molecule has 0 radical (unpaired) electrons. The van der Waals surface area contributed by atoms with Gasteiger partial charge in [-0.05, 0) is 62.9 Å². The lowest BCUT2D eigenvalue weighted by molar-refractivity contribution is 0.588. The van der Waals surface area contributed by atoms with Crippen molar-refractivity contribution in [3.8, 4) is 0 Å². The van der Waals surface area contributed by atoms with Crippen LogP contribution in [0.5, 0.6) is 0 Å². The van der Waals surface area contributed by atoms with E-state index in [-0.39, 0.29) is 6.04 Å². The van der Waals surface area contributed by atoms with E-state index in [0.717, 1.165) is 19.5 Å². The zero-order chi connectivity index (χ0) is 12.1. The molecule has 0 heterocycles. The maximum atomic E-state index is 5.71. The highest BCUT2D eigenvalue weighted by Gasteiger charge is 2.01. The number of hydrogen-bond donors (Lipinski definition) is 2. The molecule has 1 unspecified atom stereocenters. The van der Waals surface area contributed by atoms with Crippen molar-refractivity contribution in [2.24, 2.45) is 5.73 Å². The van der Waals surface area contributed by atoms with Crippen molar-refractivity contribution < 1.29 is 0 Å². The Balaban J connectivity index is 2.51. The van der Waals surface area contributed by atoms with Gasteiger partial charge >= 0.3 is 0 Å². The molecule has 16 heavy (non-hydrogen) atoms. The molecule has 1 rings (SSSR count). The number of aryl methyl sites for hydroxylation is 3. The summed E-state index contributed by atoms with van der Waals surface area (Å²) in [5, 5.41) is 3.44. The molecule has 0 aliphatic heterocycles. The summed E-state index contributed by atoms with van der Waals surface area (Å²) < 4.78 is 0. The summed E-state index contributed by atoms with van der Waals surface area (Å²) in [6, 6.07) is 4.83. The van der Waals surface area contributed by atoms with Gasteiger partial charge in [0.1, 0.15) is 0 Å². The van der Waals surface area contributed by atoms with Crippen LogP contribution in [0.3, 0.4) is 0 Å². The van der Waals surface area contributed by atoms with Crippen molar-refractivity contribution in [1.82, 2.24) is 5.32 Å². The molecule has 0 amide bonds. The summed E-state index contributed by atoms with van der Waals surface area (Å²) >= 11 is 0. The molecule has 0 fully saturated rings. The van der Waals surface area contributed by atoms with Crippen molar-refractivity contribution in [3.63, 3.8) is 0 Å². The predicted molar refractivity (Wildman–Crippen MR) is 70.6 cm³/mol. The highest BCUT2D eigenvalue weighted by atomic mass is 14.9. The molecule has 1 atom stereocenters. The third kappa shape index (κ3) is 3.95. The van der Waals surface area contributed by atoms with E-state index in [2.05, 4.69) is 38.2 Å². The summed E-state index contributed by atoms with van der Waals surface area (Å²) in [7, 11) is 0. The second-order valence-corrected chi connectivity index (χ2v) is 4.81. The minimum Gasteiger partial charge on any atom is -0.328 e. The Morgan fingerprint density at radius 2 is 1.75 bits per heavy atom. The van der Waals surface area contributed by atoms with Gasteiger partial charge in [-0.3, -0.25) is 0 Å². The van der Waals surface area contributed by atoms with Gasteiger partial charge in [0.25, 0.3) is 0 Å². The monoisotopic (exact) mass is 220 g/mol. The van der Waals surface area contributed by atoms with Gasteiger partial charge in [-0.15, -0.1) is 0 Å². The molecule has 2 nitrogen and oxygen atoms in total. The van der Waals surface area contributed by atoms with E-state index >= 15 is 0 Å². The van der Waals surface area contributed by atoms with Crippen LogP contribution < -0.4 is 11.1 Å². The summed E-state index contributed by atoms with van der Waals surface area (Å²) in [5.74, 6) is 0. The maximum Gasteiger partial charge on any atom is 0.0208 e. The minimum atomic E-state index is 0.286. The fraction of sp³-hybridized carbons (Fsp3) is 0.571. The van der Waals surface area contributed by atoms with Gasteiger partial charge in [0.2, 0.25) is 0 Å². The molecule has 0 bridgehead atoms. The molecule has 90 valence electrons. The van der Waals surface area contributed by atoms with Crippen LogP contribution in [0.15, 0.2) is 12.1 Å². The van der Waals surface area contributed by atoms with Crippen molar-refractivity contribution in [1.29, 1.82) is 0 Å². The van der Waals surface area contributed by atoms with E-state index in [4.69, 9.17) is 5.73 Å². The highest BCUT2D eigenvalue weighted by Crippen LogP contribution is 2.14. The summed E-state index contributed by atoms with van der Waals surface area (Å²) in [6.45, 7) is 10.5. The Bertz CT molecular complexity index is 343. The van der Waals surface area contributed by atoms with Gasteiger partial charge in [0.05, 0.1) is 0 Å². The standard InChI is InChI=1S/C14H24N2/c1-10-7-12(3)14(8-11(10)2)9-16-6-5-13(4)15/h7-8,13,16H,5-6,9,15H2,1-4H3. The first-order valence-electron chi connectivity index (χ1n) is 6.03. The van der Waals surface area contributed by atoms with Crippen molar-refractivity contribution in [2.45, 2.75) is 46.7 Å². The lowest BCUT2D eigenvalue weighted by Crippen LogP contribution is -2.23. The smallest absolute Gasteiger partial charge is 0.0208 e. The van der Waals surface area contributed by atoms with Crippen LogP contribution in [-0.4, -0.2) is 12.6 Å². The first kappa shape index (κ1) is 13.2. The Morgan fingerprint density at radius 1 is 1.12 bits per heavy atom. The molecular weight excluding hydrogens is 196 g/mol. The van der Waals surface area contributed by atoms with Crippen LogP contribution in [0.4, 0.5) is 0 Å². The van der Waals surface area contributed by atoms with Gasteiger partial charge in [0.15, 0.2) is 0 Å². The lowest BCUT2D eigenvalue weighted by Gasteiger charge is -2.11. The maximum absolute atomic E-state index is 5.71. The summed E-state index contributed by atoms with van der Waals surface area (Å²) in [4.78, 5) is 0. The van der Waals surface area contributed by atoms with Crippen LogP contribution >= 0.6 is 0 Å². The molecule has 1 aromatic carbocycles. The van der Waals surface area contributed by atoms with Gasteiger partial charge < -0.3 is 11.1 Å². The number of nitrogens with one attached hydrogen (secondary N) is 1. The predicted octanol–water partition coefficient (Wildman–Crippen LogP) is 2.44. The molecule has 1 aromatic rings. The second-order valence-electron chi connectivity index (χ2n) is 4.81. The van der Waals surface area contributed by atoms with Gasteiger partial charge in [0, 0.05) is 12.6 Å². The Labute approximate surface area is 99.2 Å².